The van der Waals surface area contributed by atoms with Gasteiger partial charge in [-0.25, -0.2) is 0 Å². The third-order valence-corrected chi connectivity index (χ3v) is 6.71. The first-order chi connectivity index (χ1) is 17.6. The Morgan fingerprint density at radius 2 is 1.42 bits per heavy atom. The summed E-state index contributed by atoms with van der Waals surface area (Å²) < 4.78 is 0. The van der Waals surface area contributed by atoms with Gasteiger partial charge in [0.25, 0.3) is 0 Å². The second kappa shape index (κ2) is 9.92. The van der Waals surface area contributed by atoms with Gasteiger partial charge >= 0.3 is 0 Å². The van der Waals surface area contributed by atoms with Crippen LogP contribution in [0.2, 0.25) is 5.02 Å². The van der Waals surface area contributed by atoms with Crippen LogP contribution in [-0.2, 0) is 0 Å². The predicted octanol–water partition coefficient (Wildman–Crippen LogP) is 6.83. The molecule has 4 nitrogen and oxygen atoms in total. The van der Waals surface area contributed by atoms with Crippen LogP contribution in [0.15, 0.2) is 126 Å². The Labute approximate surface area is 215 Å². The fourth-order valence-electron chi connectivity index (χ4n) is 4.93. The molecule has 0 radical (unpaired) electrons. The number of allylic oxidation sites excluding steroid dienone is 5. The highest BCUT2D eigenvalue weighted by Gasteiger charge is 2.46. The van der Waals surface area contributed by atoms with E-state index in [-0.39, 0.29) is 11.4 Å². The van der Waals surface area contributed by atoms with Crippen LogP contribution in [0.3, 0.4) is 0 Å². The topological polar surface area (TPSA) is 67.9 Å². The molecule has 0 aromatic heterocycles. The lowest BCUT2D eigenvalue weighted by Gasteiger charge is -2.29. The summed E-state index contributed by atoms with van der Waals surface area (Å²) in [6.07, 6.45) is 7.61. The van der Waals surface area contributed by atoms with E-state index in [0.29, 0.717) is 16.2 Å². The number of nitrogens with zero attached hydrogens (tertiary/aromatic N) is 3. The summed E-state index contributed by atoms with van der Waals surface area (Å²) in [6, 6.07) is 29.6. The van der Waals surface area contributed by atoms with Gasteiger partial charge in [0.2, 0.25) is 0 Å². The maximum absolute atomic E-state index is 14.1. The van der Waals surface area contributed by atoms with Gasteiger partial charge in [0.1, 0.15) is 23.8 Å². The van der Waals surface area contributed by atoms with Crippen LogP contribution in [0.4, 0.5) is 0 Å². The fraction of sp³-hybridized carbons (Fsp3) is 0.0645. The number of ketones is 1. The minimum Gasteiger partial charge on any atom is -0.336 e. The summed E-state index contributed by atoms with van der Waals surface area (Å²) in [6.45, 7) is 0. The van der Waals surface area contributed by atoms with E-state index in [1.807, 2.05) is 102 Å². The van der Waals surface area contributed by atoms with Gasteiger partial charge in [-0.3, -0.25) is 4.79 Å². The number of carbonyl (C=O) groups excluding carboxylic acids is 1. The van der Waals surface area contributed by atoms with E-state index in [2.05, 4.69) is 12.1 Å². The van der Waals surface area contributed by atoms with Crippen molar-refractivity contribution in [3.05, 3.63) is 148 Å². The Hall–Kier alpha value is -4.64. The minimum atomic E-state index is -0.614. The molecule has 172 valence electrons. The lowest BCUT2D eigenvalue weighted by atomic mass is 9.78. The van der Waals surface area contributed by atoms with Crippen molar-refractivity contribution < 1.29 is 4.79 Å². The molecule has 0 saturated carbocycles. The summed E-state index contributed by atoms with van der Waals surface area (Å²) >= 11 is 6.22. The molecule has 0 fully saturated rings. The highest BCUT2D eigenvalue weighted by atomic mass is 35.5. The molecule has 3 aromatic rings. The normalized spacial score (nSPS) is 17.8. The molecular formula is C31H20ClN3O. The van der Waals surface area contributed by atoms with Crippen molar-refractivity contribution in [2.24, 2.45) is 0 Å². The number of hydrogen-bond acceptors (Lipinski definition) is 4. The van der Waals surface area contributed by atoms with Crippen LogP contribution in [-0.4, -0.2) is 16.7 Å². The summed E-state index contributed by atoms with van der Waals surface area (Å²) in [7, 11) is 0. The van der Waals surface area contributed by atoms with Gasteiger partial charge in [0.05, 0.1) is 0 Å². The van der Waals surface area contributed by atoms with Crippen molar-refractivity contribution in [1.29, 1.82) is 10.5 Å². The zero-order valence-electron chi connectivity index (χ0n) is 19.2. The van der Waals surface area contributed by atoms with Gasteiger partial charge in [0.15, 0.2) is 5.78 Å². The third kappa shape index (κ3) is 4.05. The molecule has 0 amide bonds. The van der Waals surface area contributed by atoms with Gasteiger partial charge in [-0.05, 0) is 41.0 Å². The molecule has 36 heavy (non-hydrogen) atoms. The van der Waals surface area contributed by atoms with Gasteiger partial charge in [0, 0.05) is 34.0 Å². The number of fused-ring (bicyclic) bond motifs is 1. The molecule has 0 spiro atoms. The number of hydrogen-bond donors (Lipinski definition) is 0. The average Bonchev–Trinajstić information content (AvgIpc) is 3.27. The number of Topliss-reactive ketones (excluding diaryl/α,β-unsaturated/α-hetero) is 1. The predicted molar refractivity (Wildman–Crippen MR) is 140 cm³/mol. The summed E-state index contributed by atoms with van der Waals surface area (Å²) in [4.78, 5) is 16.0. The van der Waals surface area contributed by atoms with Crippen LogP contribution in [0.1, 0.15) is 27.4 Å². The molecule has 2 aliphatic rings. The first-order valence-corrected chi connectivity index (χ1v) is 11.8. The molecule has 0 bridgehead atoms. The van der Waals surface area contributed by atoms with Gasteiger partial charge < -0.3 is 4.90 Å². The summed E-state index contributed by atoms with van der Waals surface area (Å²) in [5.41, 5.74) is 4.28. The standard InChI is InChI=1S/C31H20ClN3O/c32-25-16-14-22(15-17-25)28-29(27(24(19-33)20-34)21-9-3-1-4-10-21)26-13-7-8-18-35(26)30(28)31(36)23-11-5-2-6-12-23/h1-18,28,30H. The van der Waals surface area contributed by atoms with E-state index < -0.39 is 12.0 Å². The molecule has 5 heteroatoms. The van der Waals surface area contributed by atoms with Gasteiger partial charge in [-0.2, -0.15) is 10.5 Å². The van der Waals surface area contributed by atoms with Crippen LogP contribution >= 0.6 is 11.6 Å². The SMILES string of the molecule is N#CC(C#N)=C(C1=C2C=CC=CN2C(C(=O)c2ccccc2)C1c1ccc(Cl)cc1)c1ccccc1. The van der Waals surface area contributed by atoms with Crippen molar-refractivity contribution in [2.75, 3.05) is 0 Å². The molecule has 2 aliphatic heterocycles. The Kier molecular flexibility index (Phi) is 6.37. The van der Waals surface area contributed by atoms with E-state index in [9.17, 15) is 15.3 Å². The molecule has 2 unspecified atom stereocenters. The molecule has 3 aromatic carbocycles. The average molecular weight is 486 g/mol. The Balaban J connectivity index is 1.82. The van der Waals surface area contributed by atoms with Crippen molar-refractivity contribution >= 4 is 23.0 Å². The fourth-order valence-corrected chi connectivity index (χ4v) is 5.06. The van der Waals surface area contributed by atoms with Crippen LogP contribution in [0.5, 0.6) is 0 Å². The molecule has 0 saturated heterocycles. The first kappa shape index (κ1) is 23.1. The summed E-state index contributed by atoms with van der Waals surface area (Å²) in [5, 5.41) is 20.5. The molecule has 2 heterocycles. The van der Waals surface area contributed by atoms with E-state index in [1.165, 1.54) is 0 Å². The molecule has 2 atom stereocenters. The number of benzene rings is 3. The maximum Gasteiger partial charge on any atom is 0.186 e. The third-order valence-electron chi connectivity index (χ3n) is 6.45. The van der Waals surface area contributed by atoms with Crippen LogP contribution < -0.4 is 0 Å². The summed E-state index contributed by atoms with van der Waals surface area (Å²) in [5.74, 6) is -0.504. The first-order valence-electron chi connectivity index (χ1n) is 11.5. The molecular weight excluding hydrogens is 466 g/mol. The van der Waals surface area contributed by atoms with Gasteiger partial charge in [-0.1, -0.05) is 90.5 Å². The Morgan fingerprint density at radius 3 is 2.03 bits per heavy atom. The quantitative estimate of drug-likeness (QED) is 0.293. The highest BCUT2D eigenvalue weighted by Crippen LogP contribution is 2.50. The number of halogens is 1. The molecule has 0 aliphatic carbocycles. The molecule has 5 rings (SSSR count). The second-order valence-electron chi connectivity index (χ2n) is 8.45. The van der Waals surface area contributed by atoms with Gasteiger partial charge in [-0.15, -0.1) is 0 Å². The van der Waals surface area contributed by atoms with Crippen LogP contribution in [0, 0.1) is 22.7 Å². The zero-order chi connectivity index (χ0) is 25.1. The van der Waals surface area contributed by atoms with E-state index in [0.717, 1.165) is 22.4 Å². The second-order valence-corrected chi connectivity index (χ2v) is 8.89. The van der Waals surface area contributed by atoms with Crippen molar-refractivity contribution in [1.82, 2.24) is 4.90 Å². The smallest absolute Gasteiger partial charge is 0.186 e. The van der Waals surface area contributed by atoms with Crippen LogP contribution in [0.25, 0.3) is 5.57 Å². The van der Waals surface area contributed by atoms with E-state index >= 15 is 0 Å². The van der Waals surface area contributed by atoms with Crippen molar-refractivity contribution in [3.8, 4) is 12.1 Å². The van der Waals surface area contributed by atoms with Crippen molar-refractivity contribution in [3.63, 3.8) is 0 Å². The van der Waals surface area contributed by atoms with Crippen molar-refractivity contribution in [2.45, 2.75) is 12.0 Å². The zero-order valence-corrected chi connectivity index (χ0v) is 19.9. The number of carbonyl (C=O) groups is 1. The largest absolute Gasteiger partial charge is 0.336 e. The minimum absolute atomic E-state index is 0.00150. The maximum atomic E-state index is 14.1. The van der Waals surface area contributed by atoms with E-state index in [4.69, 9.17) is 11.6 Å². The number of rotatable bonds is 5. The Bertz CT molecular complexity index is 1500. The monoisotopic (exact) mass is 485 g/mol. The lowest BCUT2D eigenvalue weighted by Crippen LogP contribution is -2.37. The lowest BCUT2D eigenvalue weighted by molar-refractivity contribution is 0.0897. The highest BCUT2D eigenvalue weighted by molar-refractivity contribution is 6.30. The van der Waals surface area contributed by atoms with E-state index in [1.54, 1.807) is 12.1 Å². The molecule has 0 N–H and O–H groups in total. The number of nitriles is 2. The Morgan fingerprint density at radius 1 is 0.806 bits per heavy atom.